The molecule has 2 aromatic carbocycles. The molecule has 2 heterocycles. The topological polar surface area (TPSA) is 87.2 Å². The van der Waals surface area contributed by atoms with Crippen molar-refractivity contribution in [2.45, 2.75) is 31.6 Å². The molecule has 1 unspecified atom stereocenters. The minimum Gasteiger partial charge on any atom is -0.385 e. The third kappa shape index (κ3) is 5.18. The summed E-state index contributed by atoms with van der Waals surface area (Å²) in [6, 6.07) is 16.7. The molecule has 0 radical (unpaired) electrons. The molecule has 36 heavy (non-hydrogen) atoms. The van der Waals surface area contributed by atoms with Crippen LogP contribution in [0.4, 0.5) is 5.69 Å². The van der Waals surface area contributed by atoms with Crippen molar-refractivity contribution >= 4 is 29.2 Å². The van der Waals surface area contributed by atoms with Crippen molar-refractivity contribution in [3.05, 3.63) is 65.7 Å². The average Bonchev–Trinajstić information content (AvgIpc) is 3.14. The van der Waals surface area contributed by atoms with Crippen LogP contribution >= 0.6 is 0 Å². The van der Waals surface area contributed by atoms with E-state index in [2.05, 4.69) is 4.90 Å². The van der Waals surface area contributed by atoms with Gasteiger partial charge >= 0.3 is 0 Å². The van der Waals surface area contributed by atoms with E-state index in [-0.39, 0.29) is 42.9 Å². The summed E-state index contributed by atoms with van der Waals surface area (Å²) in [4.78, 5) is 56.8. The molecule has 3 amide bonds. The highest BCUT2D eigenvalue weighted by Gasteiger charge is 2.53. The van der Waals surface area contributed by atoms with E-state index in [0.717, 1.165) is 5.69 Å². The summed E-state index contributed by atoms with van der Waals surface area (Å²) in [5, 5.41) is 0. The predicted octanol–water partition coefficient (Wildman–Crippen LogP) is 2.66. The molecule has 2 aliphatic rings. The second kappa shape index (κ2) is 11.0. The van der Waals surface area contributed by atoms with Crippen molar-refractivity contribution in [2.24, 2.45) is 0 Å². The third-order valence-electron chi connectivity index (χ3n) is 7.19. The van der Waals surface area contributed by atoms with Gasteiger partial charge in [0.1, 0.15) is 0 Å². The second-order valence-electron chi connectivity index (χ2n) is 9.47. The van der Waals surface area contributed by atoms with Crippen molar-refractivity contribution in [3.8, 4) is 0 Å². The van der Waals surface area contributed by atoms with E-state index in [9.17, 15) is 19.2 Å². The number of nitrogens with zero attached hydrogens (tertiary/aromatic N) is 3. The minimum atomic E-state index is -1.18. The lowest BCUT2D eigenvalue weighted by Gasteiger charge is -2.37. The van der Waals surface area contributed by atoms with E-state index in [1.165, 1.54) is 4.90 Å². The van der Waals surface area contributed by atoms with Crippen LogP contribution < -0.4 is 4.90 Å². The van der Waals surface area contributed by atoms with Crippen molar-refractivity contribution in [1.82, 2.24) is 9.80 Å². The smallest absolute Gasteiger partial charge is 0.240 e. The normalized spacial score (nSPS) is 20.2. The lowest BCUT2D eigenvalue weighted by Crippen LogP contribution is -2.51. The quantitative estimate of drug-likeness (QED) is 0.305. The Bertz CT molecular complexity index is 1110. The molecule has 0 N–H and O–H groups in total. The number of likely N-dealkylation sites (tertiary alicyclic amines) is 1. The van der Waals surface area contributed by atoms with Crippen molar-refractivity contribution in [3.63, 3.8) is 0 Å². The lowest BCUT2D eigenvalue weighted by atomic mass is 9.75. The van der Waals surface area contributed by atoms with Gasteiger partial charge in [0.2, 0.25) is 17.7 Å². The van der Waals surface area contributed by atoms with E-state index < -0.39 is 5.41 Å². The molecule has 4 rings (SSSR count). The van der Waals surface area contributed by atoms with Gasteiger partial charge in [0.15, 0.2) is 5.78 Å². The number of amides is 3. The molecule has 2 fully saturated rings. The number of hydrogen-bond acceptors (Lipinski definition) is 6. The van der Waals surface area contributed by atoms with Crippen molar-refractivity contribution < 1.29 is 23.9 Å². The van der Waals surface area contributed by atoms with Crippen LogP contribution in [0.25, 0.3) is 0 Å². The molecule has 0 saturated carbocycles. The van der Waals surface area contributed by atoms with Gasteiger partial charge in [-0.15, -0.1) is 0 Å². The van der Waals surface area contributed by atoms with E-state index in [1.807, 2.05) is 54.6 Å². The highest BCUT2D eigenvalue weighted by Crippen LogP contribution is 2.40. The third-order valence-corrected chi connectivity index (χ3v) is 7.19. The highest BCUT2D eigenvalue weighted by atomic mass is 16.5. The van der Waals surface area contributed by atoms with Crippen LogP contribution in [-0.2, 0) is 24.5 Å². The lowest BCUT2D eigenvalue weighted by molar-refractivity contribution is -0.143. The number of rotatable bonds is 9. The zero-order valence-electron chi connectivity index (χ0n) is 20.9. The first-order valence-electron chi connectivity index (χ1n) is 12.4. The summed E-state index contributed by atoms with van der Waals surface area (Å²) in [7, 11) is 1.58. The molecular formula is C28H33N3O5. The number of hydrogen-bond donors (Lipinski definition) is 0. The molecular weight excluding hydrogens is 458 g/mol. The van der Waals surface area contributed by atoms with Crippen molar-refractivity contribution in [2.75, 3.05) is 51.3 Å². The maximum absolute atomic E-state index is 13.6. The molecule has 1 atom stereocenters. The van der Waals surface area contributed by atoms with Crippen LogP contribution in [0.15, 0.2) is 54.6 Å². The number of ketones is 1. The molecule has 2 saturated heterocycles. The van der Waals surface area contributed by atoms with Crippen LogP contribution in [0.3, 0.4) is 0 Å². The van der Waals surface area contributed by atoms with Gasteiger partial charge in [-0.25, -0.2) is 0 Å². The maximum atomic E-state index is 13.6. The predicted molar refractivity (Wildman–Crippen MR) is 136 cm³/mol. The number of ether oxygens (including phenoxy) is 1. The fourth-order valence-electron chi connectivity index (χ4n) is 5.11. The van der Waals surface area contributed by atoms with E-state index in [0.29, 0.717) is 50.3 Å². The molecule has 0 aromatic heterocycles. The standard InChI is InChI=1S/C28H33N3O5/c1-21(32)22-9-11-24(12-10-22)29-14-16-30(17-15-29)25(33)19-28(23-7-4-3-5-8-23)20-26(34)31(27(28)35)13-6-18-36-2/h3-5,7-12H,6,13-20H2,1-2H3. The number of anilines is 1. The van der Waals surface area contributed by atoms with Crippen LogP contribution in [0.2, 0.25) is 0 Å². The summed E-state index contributed by atoms with van der Waals surface area (Å²) >= 11 is 0. The minimum absolute atomic E-state index is 0.00295. The Balaban J connectivity index is 1.46. The summed E-state index contributed by atoms with van der Waals surface area (Å²) in [5.41, 5.74) is 1.21. The summed E-state index contributed by atoms with van der Waals surface area (Å²) < 4.78 is 5.08. The first-order chi connectivity index (χ1) is 17.4. The van der Waals surface area contributed by atoms with Gasteiger partial charge in [-0.05, 0) is 43.2 Å². The maximum Gasteiger partial charge on any atom is 0.240 e. The van der Waals surface area contributed by atoms with E-state index in [4.69, 9.17) is 4.74 Å². The van der Waals surface area contributed by atoms with Gasteiger partial charge in [-0.1, -0.05) is 30.3 Å². The van der Waals surface area contributed by atoms with E-state index in [1.54, 1.807) is 18.9 Å². The highest BCUT2D eigenvalue weighted by molar-refractivity contribution is 6.10. The number of carbonyl (C=O) groups is 4. The van der Waals surface area contributed by atoms with Crippen molar-refractivity contribution in [1.29, 1.82) is 0 Å². The zero-order valence-corrected chi connectivity index (χ0v) is 20.9. The van der Waals surface area contributed by atoms with Gasteiger partial charge < -0.3 is 14.5 Å². The zero-order chi connectivity index (χ0) is 25.7. The molecule has 0 aliphatic carbocycles. The number of methoxy groups -OCH3 is 1. The van der Waals surface area contributed by atoms with Crippen LogP contribution in [0.5, 0.6) is 0 Å². The average molecular weight is 492 g/mol. The molecule has 8 heteroatoms. The Labute approximate surface area is 211 Å². The second-order valence-corrected chi connectivity index (χ2v) is 9.47. The first-order valence-corrected chi connectivity index (χ1v) is 12.4. The first kappa shape index (κ1) is 25.6. The molecule has 2 aromatic rings. The number of piperazine rings is 1. The number of carbonyl (C=O) groups excluding carboxylic acids is 4. The molecule has 190 valence electrons. The fraction of sp³-hybridized carbons (Fsp3) is 0.429. The van der Waals surface area contributed by atoms with Crippen LogP contribution in [0, 0.1) is 0 Å². The number of imide groups is 1. The van der Waals surface area contributed by atoms with Gasteiger partial charge in [0.25, 0.3) is 0 Å². The molecule has 2 aliphatic heterocycles. The Hall–Kier alpha value is -3.52. The molecule has 0 spiro atoms. The van der Waals surface area contributed by atoms with Gasteiger partial charge in [-0.3, -0.25) is 24.1 Å². The van der Waals surface area contributed by atoms with Crippen LogP contribution in [0.1, 0.15) is 42.1 Å². The summed E-state index contributed by atoms with van der Waals surface area (Å²) in [5.74, 6) is -0.634. The summed E-state index contributed by atoms with van der Waals surface area (Å²) in [6.45, 7) is 4.64. The fourth-order valence-corrected chi connectivity index (χ4v) is 5.11. The molecule has 0 bridgehead atoms. The number of Topliss-reactive ketones (excluding diaryl/α,β-unsaturated/α-hetero) is 1. The Kier molecular flexibility index (Phi) is 7.84. The van der Waals surface area contributed by atoms with Gasteiger partial charge in [0, 0.05) is 70.5 Å². The largest absolute Gasteiger partial charge is 0.385 e. The summed E-state index contributed by atoms with van der Waals surface area (Å²) in [6.07, 6.45) is 0.523. The SMILES string of the molecule is COCCCN1C(=O)CC(CC(=O)N2CCN(c3ccc(C(C)=O)cc3)CC2)(c2ccccc2)C1=O. The Morgan fingerprint density at radius 1 is 0.944 bits per heavy atom. The number of benzene rings is 2. The van der Waals surface area contributed by atoms with Gasteiger partial charge in [0.05, 0.1) is 5.41 Å². The van der Waals surface area contributed by atoms with Gasteiger partial charge in [-0.2, -0.15) is 0 Å². The Morgan fingerprint density at radius 3 is 2.22 bits per heavy atom. The Morgan fingerprint density at radius 2 is 1.61 bits per heavy atom. The molecule has 8 nitrogen and oxygen atoms in total. The van der Waals surface area contributed by atoms with Crippen LogP contribution in [-0.4, -0.2) is 79.7 Å². The monoisotopic (exact) mass is 491 g/mol. The van der Waals surface area contributed by atoms with E-state index >= 15 is 0 Å².